The van der Waals surface area contributed by atoms with Gasteiger partial charge < -0.3 is 5.73 Å². The molecule has 0 aliphatic carbocycles. The fourth-order valence-electron chi connectivity index (χ4n) is 1.96. The van der Waals surface area contributed by atoms with Crippen LogP contribution in [-0.4, -0.2) is 75.6 Å². The molecule has 0 aliphatic rings. The summed E-state index contributed by atoms with van der Waals surface area (Å²) in [6, 6.07) is 4.00. The molecule has 0 radical (unpaired) electrons. The lowest BCUT2D eigenvalue weighted by Crippen LogP contribution is -2.20. The first-order chi connectivity index (χ1) is 18.6. The van der Waals surface area contributed by atoms with Crippen molar-refractivity contribution in [3.05, 3.63) is 0 Å². The minimum absolute atomic E-state index is 0. The number of isocyanates is 1. The Morgan fingerprint density at radius 3 is 1.11 bits per heavy atom. The normalized spacial score (nSPS) is 9.43. The highest BCUT2D eigenvalue weighted by Gasteiger charge is 2.11. The molecule has 46 heavy (non-hydrogen) atoms. The molecule has 0 aliphatic heterocycles. The number of hydrogen-bond acceptors (Lipinski definition) is 4. The summed E-state index contributed by atoms with van der Waals surface area (Å²) in [6.45, 7) is 29.8. The molecular formula is C29H83Cl6IN2OSSi6. The number of aliphatic imine (C=N–C) groups is 1. The van der Waals surface area contributed by atoms with E-state index < -0.39 is 38.4 Å². The Bertz CT molecular complexity index is 558. The zero-order valence-electron chi connectivity index (χ0n) is 29.1. The summed E-state index contributed by atoms with van der Waals surface area (Å²) in [5.41, 5.74) is 5.36. The van der Waals surface area contributed by atoms with Crippen LogP contribution in [0.5, 0.6) is 0 Å². The topological polar surface area (TPSA) is 55.4 Å². The fourth-order valence-corrected chi connectivity index (χ4v) is 6.04. The third-order valence-electron chi connectivity index (χ3n) is 3.45. The number of rotatable bonds is 10. The molecule has 0 heterocycles. The van der Waals surface area contributed by atoms with E-state index in [1.54, 1.807) is 28.7 Å². The highest BCUT2D eigenvalue weighted by Crippen LogP contribution is 2.11. The summed E-state index contributed by atoms with van der Waals surface area (Å²) in [5.74, 6) is 0.838. The Kier molecular flexibility index (Phi) is 103. The summed E-state index contributed by atoms with van der Waals surface area (Å²) >= 11 is 36.7. The first-order valence-electron chi connectivity index (χ1n) is 14.3. The number of hydrogen-bond donors (Lipinski definition) is 1. The molecule has 0 aromatic rings. The minimum Gasteiger partial charge on any atom is -0.330 e. The largest absolute Gasteiger partial charge is 0.330 e. The van der Waals surface area contributed by atoms with Crippen molar-refractivity contribution in [2.24, 2.45) is 10.7 Å². The highest BCUT2D eigenvalue weighted by molar-refractivity contribution is 14.1. The first-order valence-corrected chi connectivity index (χ1v) is 40.3. The maximum absolute atomic E-state index is 9.65. The Morgan fingerprint density at radius 2 is 0.978 bits per heavy atom. The lowest BCUT2D eigenvalue weighted by atomic mass is 10.5. The Labute approximate surface area is 350 Å². The Morgan fingerprint density at radius 1 is 0.761 bits per heavy atom. The summed E-state index contributed by atoms with van der Waals surface area (Å²) < 4.78 is 6.52. The SMILES string of the molecule is C.C.C.C.C.C[SiH](C)C.C[SiH](Cl)Cl.C[Si](C)(C)CCCCl.C[Si](C)(C)CCCN.C[Si](C)(C)CCCN=C=O.Cl[SiH](Cl)Cl.[3H]C(=S)I. The lowest BCUT2D eigenvalue weighted by Gasteiger charge is -2.13. The molecule has 2 N–H and O–H groups in total. The predicted octanol–water partition coefficient (Wildman–Crippen LogP) is 15.1. The van der Waals surface area contributed by atoms with E-state index in [0.717, 1.165) is 18.8 Å². The van der Waals surface area contributed by atoms with Crippen LogP contribution in [0, 0.1) is 0 Å². The van der Waals surface area contributed by atoms with Gasteiger partial charge in [-0.05, 0) is 54.9 Å². The quantitative estimate of drug-likeness (QED) is 0.0273. The monoisotopic (exact) mass is 1010 g/mol. The van der Waals surface area contributed by atoms with Crippen LogP contribution in [0.1, 0.15) is 57.8 Å². The van der Waals surface area contributed by atoms with E-state index in [2.05, 4.69) is 95.8 Å². The molecule has 0 unspecified atom stereocenters. The van der Waals surface area contributed by atoms with Crippen molar-refractivity contribution in [2.45, 2.75) is 160 Å². The van der Waals surface area contributed by atoms with Crippen LogP contribution >= 0.6 is 102 Å². The van der Waals surface area contributed by atoms with Crippen LogP contribution in [0.25, 0.3) is 0 Å². The van der Waals surface area contributed by atoms with E-state index in [-0.39, 0.29) is 49.3 Å². The van der Waals surface area contributed by atoms with E-state index in [0.29, 0.717) is 6.54 Å². The van der Waals surface area contributed by atoms with Gasteiger partial charge in [-0.3, -0.25) is 0 Å². The third-order valence-corrected chi connectivity index (χ3v) is 9.28. The summed E-state index contributed by atoms with van der Waals surface area (Å²) in [5, 5.41) is 0. The van der Waals surface area contributed by atoms with Gasteiger partial charge in [0.05, 0.1) is 7.92 Å². The molecule has 0 fully saturated rings. The molecule has 0 aromatic heterocycles. The average molecular weight is 1020 g/mol. The van der Waals surface area contributed by atoms with Gasteiger partial charge in [-0.2, -0.15) is 22.2 Å². The molecule has 0 saturated heterocycles. The van der Waals surface area contributed by atoms with Gasteiger partial charge in [-0.1, -0.05) is 146 Å². The average Bonchev–Trinajstić information content (AvgIpc) is 2.71. The second kappa shape index (κ2) is 60.3. The van der Waals surface area contributed by atoms with Crippen molar-refractivity contribution < 1.29 is 6.17 Å². The van der Waals surface area contributed by atoms with Crippen LogP contribution in [0.15, 0.2) is 4.99 Å². The van der Waals surface area contributed by atoms with E-state index in [4.69, 9.17) is 74.1 Å². The number of alkyl halides is 1. The number of nitrogens with two attached hydrogens (primary N) is 1. The lowest BCUT2D eigenvalue weighted by molar-refractivity contribution is 0.562. The van der Waals surface area contributed by atoms with Gasteiger partial charge in [0, 0.05) is 42.2 Å². The molecule has 0 saturated carbocycles. The highest BCUT2D eigenvalue weighted by atomic mass is 127. The van der Waals surface area contributed by atoms with E-state index >= 15 is 0 Å². The molecular weight excluding hydrogens is 933 g/mol. The van der Waals surface area contributed by atoms with E-state index in [1.807, 2.05) is 6.55 Å². The molecule has 0 atom stereocenters. The van der Waals surface area contributed by atoms with Gasteiger partial charge in [0.2, 0.25) is 13.5 Å². The number of halogens is 7. The van der Waals surface area contributed by atoms with Gasteiger partial charge in [0.1, 0.15) is 0 Å². The van der Waals surface area contributed by atoms with Crippen LogP contribution < -0.4 is 5.73 Å². The summed E-state index contributed by atoms with van der Waals surface area (Å²) in [4.78, 5) is 13.1. The molecule has 0 amide bonds. The van der Waals surface area contributed by atoms with Crippen LogP contribution in [0.3, 0.4) is 0 Å². The fraction of sp³-hybridized carbons (Fsp3) is 0.931. The zero-order valence-corrected chi connectivity index (χ0v) is 42.1. The van der Waals surface area contributed by atoms with Crippen molar-refractivity contribution in [1.29, 1.82) is 0 Å². The third kappa shape index (κ3) is 247. The van der Waals surface area contributed by atoms with Gasteiger partial charge in [-0.25, -0.2) is 9.79 Å². The van der Waals surface area contributed by atoms with Crippen LogP contribution in [0.2, 0.25) is 103 Å². The Hall–Kier alpha value is 3.20. The van der Waals surface area contributed by atoms with Gasteiger partial charge in [-0.15, -0.1) is 44.8 Å². The predicted molar refractivity (Wildman–Crippen MR) is 267 cm³/mol. The van der Waals surface area contributed by atoms with Crippen molar-refractivity contribution in [2.75, 3.05) is 19.0 Å². The van der Waals surface area contributed by atoms with Crippen molar-refractivity contribution in [3.8, 4) is 0 Å². The maximum atomic E-state index is 9.65. The first kappa shape index (κ1) is 78.3. The molecule has 0 spiro atoms. The molecule has 3 nitrogen and oxygen atoms in total. The number of nitrogens with zero attached hydrogens (tertiary/aromatic N) is 1. The van der Waals surface area contributed by atoms with Crippen molar-refractivity contribution in [1.82, 2.24) is 0 Å². The molecule has 17 heteroatoms. The van der Waals surface area contributed by atoms with Crippen molar-refractivity contribution >= 4 is 158 Å². The minimum atomic E-state index is -1.72. The molecule has 294 valence electrons. The van der Waals surface area contributed by atoms with Gasteiger partial charge in [0.15, 0.2) is 0 Å². The zero-order chi connectivity index (χ0) is 35.6. The van der Waals surface area contributed by atoms with Crippen LogP contribution in [-0.2, 0) is 4.79 Å². The summed E-state index contributed by atoms with van der Waals surface area (Å²) in [6.07, 6.45) is 5.01. The summed E-state index contributed by atoms with van der Waals surface area (Å²) in [7, 11) is -3.75. The molecule has 0 bridgehead atoms. The standard InChI is InChI=1S/C7H15NOSi.C6H15ClSi.C6H17NSi.C3H10Si.CH4Cl2Si.CHIS.5CH4.Cl3HSi/c1-10(2,3)6-4-5-8-7-9;2*1-8(2,3)6-4-5-7;2*1-4(2)3;2-1-3;;;;;;1-4(2)3/h4-6H2,1-3H3;4-6H2,1-3H3;4-7H2,1-3H3;4H,1-3H3;4H,1H3;1H;5*1H4;4H/i;;;;;1T;;;;;;. The number of thiocarbonyl (C=S) groups is 1. The van der Waals surface area contributed by atoms with Gasteiger partial charge >= 0.3 is 6.73 Å². The van der Waals surface area contributed by atoms with Gasteiger partial charge in [0.25, 0.3) is 0 Å². The Balaban J connectivity index is -0.0000000308. The smallest absolute Gasteiger partial charge is 0.326 e. The molecule has 0 aromatic carbocycles. The number of carbonyl (C=O) groups excluding carboxylic acids is 1. The van der Waals surface area contributed by atoms with Crippen molar-refractivity contribution in [3.63, 3.8) is 0 Å². The second-order valence-corrected chi connectivity index (χ2v) is 47.3. The second-order valence-electron chi connectivity index (χ2n) is 13.0. The molecule has 0 rings (SSSR count). The van der Waals surface area contributed by atoms with E-state index in [9.17, 15) is 4.79 Å². The van der Waals surface area contributed by atoms with E-state index in [1.165, 1.54) is 31.0 Å². The van der Waals surface area contributed by atoms with Crippen LogP contribution in [0.4, 0.5) is 0 Å². The maximum Gasteiger partial charge on any atom is 0.326 e.